The topological polar surface area (TPSA) is 46.5 Å². The molecule has 4 rings (SSSR count). The predicted molar refractivity (Wildman–Crippen MR) is 81.4 cm³/mol. The highest BCUT2D eigenvalue weighted by molar-refractivity contribution is 6.00. The summed E-state index contributed by atoms with van der Waals surface area (Å²) in [6, 6.07) is 0. The number of hydrogen-bond acceptors (Lipinski definition) is 3. The average molecular weight is 286 g/mol. The number of ether oxygens (including phenoxy) is 1. The van der Waals surface area contributed by atoms with Crippen LogP contribution in [0.5, 0.6) is 0 Å². The third-order valence-electron chi connectivity index (χ3n) is 5.62. The van der Waals surface area contributed by atoms with Crippen molar-refractivity contribution in [3.8, 4) is 0 Å². The number of methoxy groups -OCH3 is 1. The molecular formula is C18H22O3. The quantitative estimate of drug-likeness (QED) is 0.811. The molecule has 112 valence electrons. The van der Waals surface area contributed by atoms with Gasteiger partial charge >= 0.3 is 0 Å². The van der Waals surface area contributed by atoms with Crippen LogP contribution in [0.3, 0.4) is 0 Å². The molecule has 1 unspecified atom stereocenters. The summed E-state index contributed by atoms with van der Waals surface area (Å²) in [5.74, 6) is -0.491. The lowest BCUT2D eigenvalue weighted by molar-refractivity contribution is -0.146. The second-order valence-electron chi connectivity index (χ2n) is 6.85. The molecule has 0 radical (unpaired) electrons. The second kappa shape index (κ2) is 4.52. The van der Waals surface area contributed by atoms with Crippen molar-refractivity contribution in [2.75, 3.05) is 7.11 Å². The number of aliphatic hydroxyl groups is 1. The Morgan fingerprint density at radius 1 is 1.38 bits per heavy atom. The van der Waals surface area contributed by atoms with Crippen molar-refractivity contribution in [1.82, 2.24) is 0 Å². The van der Waals surface area contributed by atoms with E-state index in [0.717, 1.165) is 12.0 Å². The molecular weight excluding hydrogens is 264 g/mol. The standard InChI is InChI=1S/C18H22O3/c1-16(2)14-4-5-15(19)17(16,12-14)9-6-13-7-10-18(20,21-3)11-8-13/h4-10,14,20H,11-12H2,1-3H3/t14-,17-,18?/m0/s1. The molecule has 0 spiro atoms. The average Bonchev–Trinajstić information content (AvgIpc) is 2.47. The van der Waals surface area contributed by atoms with E-state index in [0.29, 0.717) is 12.3 Å². The monoisotopic (exact) mass is 286 g/mol. The fraction of sp³-hybridized carbons (Fsp3) is 0.500. The Bertz CT molecular complexity index is 594. The lowest BCUT2D eigenvalue weighted by atomic mass is 9.41. The Kier molecular flexibility index (Phi) is 3.12. The van der Waals surface area contributed by atoms with Crippen LogP contribution in [0.15, 0.2) is 48.1 Å². The first-order valence-corrected chi connectivity index (χ1v) is 7.42. The number of ketones is 1. The van der Waals surface area contributed by atoms with Crippen molar-refractivity contribution < 1.29 is 14.6 Å². The van der Waals surface area contributed by atoms with Gasteiger partial charge in [0.1, 0.15) is 0 Å². The van der Waals surface area contributed by atoms with Gasteiger partial charge in [-0.05, 0) is 35.5 Å². The molecule has 0 amide bonds. The minimum atomic E-state index is -1.19. The van der Waals surface area contributed by atoms with E-state index < -0.39 is 5.79 Å². The molecule has 1 fully saturated rings. The van der Waals surface area contributed by atoms with Crippen molar-refractivity contribution in [3.05, 3.63) is 48.1 Å². The van der Waals surface area contributed by atoms with E-state index in [4.69, 9.17) is 4.74 Å². The maximum Gasteiger partial charge on any atom is 0.188 e. The van der Waals surface area contributed by atoms with Gasteiger partial charge in [0, 0.05) is 13.5 Å². The van der Waals surface area contributed by atoms with E-state index >= 15 is 0 Å². The van der Waals surface area contributed by atoms with Crippen LogP contribution in [0, 0.1) is 16.7 Å². The summed E-state index contributed by atoms with van der Waals surface area (Å²) < 4.78 is 5.04. The van der Waals surface area contributed by atoms with Crippen LogP contribution in [0.2, 0.25) is 0 Å². The smallest absolute Gasteiger partial charge is 0.188 e. The van der Waals surface area contributed by atoms with E-state index in [-0.39, 0.29) is 16.6 Å². The highest BCUT2D eigenvalue weighted by Gasteiger charge is 2.62. The first-order valence-electron chi connectivity index (χ1n) is 7.42. The molecule has 2 bridgehead atoms. The normalized spacial score (nSPS) is 40.3. The van der Waals surface area contributed by atoms with Crippen LogP contribution in [0.25, 0.3) is 0 Å². The van der Waals surface area contributed by atoms with Gasteiger partial charge in [-0.1, -0.05) is 44.2 Å². The number of rotatable bonds is 3. The van der Waals surface area contributed by atoms with Gasteiger partial charge in [0.05, 0.1) is 5.41 Å². The number of carbonyl (C=O) groups is 1. The molecule has 0 aromatic carbocycles. The van der Waals surface area contributed by atoms with Crippen molar-refractivity contribution in [2.24, 2.45) is 16.7 Å². The fourth-order valence-electron chi connectivity index (χ4n) is 3.65. The zero-order chi connectivity index (χ0) is 15.3. The molecule has 0 aromatic heterocycles. The molecule has 3 atom stereocenters. The van der Waals surface area contributed by atoms with Crippen LogP contribution in [0.1, 0.15) is 26.7 Å². The van der Waals surface area contributed by atoms with Crippen LogP contribution in [-0.2, 0) is 9.53 Å². The van der Waals surface area contributed by atoms with E-state index in [1.54, 1.807) is 12.2 Å². The van der Waals surface area contributed by atoms with E-state index in [9.17, 15) is 9.90 Å². The molecule has 1 saturated carbocycles. The molecule has 3 heteroatoms. The third-order valence-corrected chi connectivity index (χ3v) is 5.62. The predicted octanol–water partition coefficient (Wildman–Crippen LogP) is 2.94. The summed E-state index contributed by atoms with van der Waals surface area (Å²) in [6.45, 7) is 4.34. The minimum Gasteiger partial charge on any atom is -0.362 e. The summed E-state index contributed by atoms with van der Waals surface area (Å²) in [5, 5.41) is 9.96. The Morgan fingerprint density at radius 3 is 2.67 bits per heavy atom. The zero-order valence-electron chi connectivity index (χ0n) is 12.8. The summed E-state index contributed by atoms with van der Waals surface area (Å²) in [5.41, 5.74) is 0.630. The van der Waals surface area contributed by atoms with Crippen LogP contribution in [0.4, 0.5) is 0 Å². The molecule has 4 aliphatic rings. The summed E-state index contributed by atoms with van der Waals surface area (Å²) >= 11 is 0. The van der Waals surface area contributed by atoms with Crippen LogP contribution in [-0.4, -0.2) is 23.8 Å². The molecule has 0 aromatic rings. The first kappa shape index (κ1) is 14.5. The van der Waals surface area contributed by atoms with Crippen molar-refractivity contribution >= 4 is 5.78 Å². The molecule has 4 aliphatic carbocycles. The highest BCUT2D eigenvalue weighted by atomic mass is 16.6. The maximum atomic E-state index is 12.4. The Hall–Kier alpha value is -1.45. The summed E-state index contributed by atoms with van der Waals surface area (Å²) in [6.07, 6.45) is 14.6. The Labute approximate surface area is 125 Å². The molecule has 21 heavy (non-hydrogen) atoms. The van der Waals surface area contributed by atoms with Crippen LogP contribution >= 0.6 is 0 Å². The van der Waals surface area contributed by atoms with Gasteiger partial charge in [0.2, 0.25) is 0 Å². The number of carbonyl (C=O) groups excluding carboxylic acids is 1. The number of allylic oxidation sites excluding steroid dienone is 6. The lowest BCUT2D eigenvalue weighted by Gasteiger charge is -2.60. The van der Waals surface area contributed by atoms with E-state index in [2.05, 4.69) is 26.0 Å². The largest absolute Gasteiger partial charge is 0.362 e. The lowest BCUT2D eigenvalue weighted by Crippen LogP contribution is -2.59. The number of hydrogen-bond donors (Lipinski definition) is 1. The van der Waals surface area contributed by atoms with Crippen LogP contribution < -0.4 is 0 Å². The third kappa shape index (κ3) is 1.99. The molecule has 0 saturated heterocycles. The van der Waals surface area contributed by atoms with Gasteiger partial charge < -0.3 is 9.84 Å². The Morgan fingerprint density at radius 2 is 2.14 bits per heavy atom. The summed E-state index contributed by atoms with van der Waals surface area (Å²) in [7, 11) is 1.49. The summed E-state index contributed by atoms with van der Waals surface area (Å²) in [4.78, 5) is 12.4. The maximum absolute atomic E-state index is 12.4. The van der Waals surface area contributed by atoms with E-state index in [1.807, 2.05) is 18.2 Å². The van der Waals surface area contributed by atoms with Gasteiger partial charge in [0.25, 0.3) is 0 Å². The molecule has 0 aliphatic heterocycles. The van der Waals surface area contributed by atoms with Crippen molar-refractivity contribution in [3.63, 3.8) is 0 Å². The minimum absolute atomic E-state index is 0.0124. The zero-order valence-corrected chi connectivity index (χ0v) is 12.8. The van der Waals surface area contributed by atoms with Crippen molar-refractivity contribution in [2.45, 2.75) is 32.5 Å². The fourth-order valence-corrected chi connectivity index (χ4v) is 3.65. The van der Waals surface area contributed by atoms with Gasteiger partial charge in [-0.25, -0.2) is 0 Å². The molecule has 0 heterocycles. The van der Waals surface area contributed by atoms with Gasteiger partial charge in [-0.3, -0.25) is 4.79 Å². The Balaban J connectivity index is 1.81. The van der Waals surface area contributed by atoms with Crippen molar-refractivity contribution in [1.29, 1.82) is 0 Å². The van der Waals surface area contributed by atoms with Gasteiger partial charge in [-0.15, -0.1) is 0 Å². The SMILES string of the molecule is COC1(O)C=CC(C=C[C@]23C[C@H](C=CC2=O)C3(C)C)=CC1. The molecule has 3 nitrogen and oxygen atoms in total. The second-order valence-corrected chi connectivity index (χ2v) is 6.85. The molecule has 1 N–H and O–H groups in total. The van der Waals surface area contributed by atoms with E-state index in [1.165, 1.54) is 7.11 Å². The number of fused-ring (bicyclic) bond motifs is 1. The highest BCUT2D eigenvalue weighted by Crippen LogP contribution is 2.64. The first-order chi connectivity index (χ1) is 9.83. The van der Waals surface area contributed by atoms with Gasteiger partial charge in [0.15, 0.2) is 11.6 Å². The van der Waals surface area contributed by atoms with Gasteiger partial charge in [-0.2, -0.15) is 0 Å².